The number of carbonyl (C=O) groups is 1. The average molecular weight is 455 g/mol. The van der Waals surface area contributed by atoms with Crippen molar-refractivity contribution in [2.75, 3.05) is 33.9 Å². The van der Waals surface area contributed by atoms with E-state index in [4.69, 9.17) is 9.47 Å². The van der Waals surface area contributed by atoms with Crippen LogP contribution in [-0.4, -0.2) is 67.2 Å². The second-order valence-electron chi connectivity index (χ2n) is 9.48. The summed E-state index contributed by atoms with van der Waals surface area (Å²) in [7, 11) is 4.05. The Balaban J connectivity index is 1.41. The summed E-state index contributed by atoms with van der Waals surface area (Å²) in [6, 6.07) is 16.6. The molecule has 0 radical (unpaired) electrons. The Morgan fingerprint density at radius 3 is 2.55 bits per heavy atom. The summed E-state index contributed by atoms with van der Waals surface area (Å²) in [4.78, 5) is 17.3. The van der Waals surface area contributed by atoms with Crippen LogP contribution in [0.3, 0.4) is 0 Å². The number of ether oxygens (including phenoxy) is 2. The van der Waals surface area contributed by atoms with E-state index in [1.54, 1.807) is 12.1 Å². The van der Waals surface area contributed by atoms with E-state index in [1.165, 1.54) is 17.7 Å². The van der Waals surface area contributed by atoms with Gasteiger partial charge in [0.25, 0.3) is 5.91 Å². The summed E-state index contributed by atoms with van der Waals surface area (Å²) >= 11 is 0. The topological polar surface area (TPSA) is 42.0 Å². The molecular weight excluding hydrogens is 419 g/mol. The number of benzene rings is 2. The molecule has 33 heavy (non-hydrogen) atoms. The molecule has 5 nitrogen and oxygen atoms in total. The molecule has 1 aliphatic heterocycles. The number of rotatable bonds is 8. The van der Waals surface area contributed by atoms with Gasteiger partial charge in [-0.15, -0.1) is 0 Å². The highest BCUT2D eigenvalue weighted by molar-refractivity contribution is 5.78. The van der Waals surface area contributed by atoms with Gasteiger partial charge in [-0.2, -0.15) is 0 Å². The minimum atomic E-state index is -0.322. The molecule has 1 amide bonds. The van der Waals surface area contributed by atoms with Crippen LogP contribution in [0.5, 0.6) is 5.75 Å². The van der Waals surface area contributed by atoms with E-state index in [0.29, 0.717) is 5.75 Å². The van der Waals surface area contributed by atoms with Crippen molar-refractivity contribution in [3.63, 3.8) is 0 Å². The Bertz CT molecular complexity index is 899. The van der Waals surface area contributed by atoms with Gasteiger partial charge in [0.1, 0.15) is 11.6 Å². The third kappa shape index (κ3) is 5.92. The predicted molar refractivity (Wildman–Crippen MR) is 127 cm³/mol. The maximum absolute atomic E-state index is 13.1. The van der Waals surface area contributed by atoms with E-state index >= 15 is 0 Å². The fraction of sp³-hybridized carbons (Fsp3) is 0.519. The zero-order valence-electron chi connectivity index (χ0n) is 19.7. The Labute approximate surface area is 196 Å². The van der Waals surface area contributed by atoms with Crippen LogP contribution in [0.2, 0.25) is 0 Å². The summed E-state index contributed by atoms with van der Waals surface area (Å²) in [5, 5.41) is 0. The second kappa shape index (κ2) is 10.7. The van der Waals surface area contributed by atoms with Crippen LogP contribution in [0, 0.1) is 5.82 Å². The highest BCUT2D eigenvalue weighted by Gasteiger charge is 2.46. The summed E-state index contributed by atoms with van der Waals surface area (Å²) in [6.45, 7) is 1.71. The van der Waals surface area contributed by atoms with Crippen molar-refractivity contribution in [3.8, 4) is 5.75 Å². The molecule has 2 aliphatic rings. The fourth-order valence-electron chi connectivity index (χ4n) is 5.32. The van der Waals surface area contributed by atoms with Gasteiger partial charge in [-0.25, -0.2) is 4.39 Å². The van der Waals surface area contributed by atoms with E-state index in [2.05, 4.69) is 36.2 Å². The first-order chi connectivity index (χ1) is 16.0. The van der Waals surface area contributed by atoms with Gasteiger partial charge in [-0.1, -0.05) is 30.3 Å². The molecular formula is C27H35FN2O3. The van der Waals surface area contributed by atoms with Crippen molar-refractivity contribution in [2.24, 2.45) is 0 Å². The molecule has 1 saturated carbocycles. The third-order valence-electron chi connectivity index (χ3n) is 7.33. The number of carbonyl (C=O) groups excluding carboxylic acids is 1. The molecule has 3 atom stereocenters. The first-order valence-corrected chi connectivity index (χ1v) is 12.0. The summed E-state index contributed by atoms with van der Waals surface area (Å²) in [6.07, 6.45) is 6.04. The standard InChI is InChI=1S/C27H35FN2O3/c1-29(17-14-21-7-4-3-5-8-21)25-19-27(15-6-18-33-27)16-13-24(25)30(2)26(31)20-32-23-11-9-22(28)10-12-23/h3-5,7-12,24-25H,6,13-20H2,1-2H3. The lowest BCUT2D eigenvalue weighted by molar-refractivity contribution is -0.139. The van der Waals surface area contributed by atoms with Crippen molar-refractivity contribution < 1.29 is 18.7 Å². The monoisotopic (exact) mass is 454 g/mol. The maximum atomic E-state index is 13.1. The normalized spacial score (nSPS) is 24.8. The molecule has 6 heteroatoms. The Hall–Kier alpha value is -2.44. The number of hydrogen-bond acceptors (Lipinski definition) is 4. The van der Waals surface area contributed by atoms with E-state index in [9.17, 15) is 9.18 Å². The van der Waals surface area contributed by atoms with Crippen LogP contribution >= 0.6 is 0 Å². The van der Waals surface area contributed by atoms with Crippen LogP contribution in [0.15, 0.2) is 54.6 Å². The zero-order valence-corrected chi connectivity index (χ0v) is 19.7. The molecule has 1 aliphatic carbocycles. The number of amides is 1. The Morgan fingerprint density at radius 2 is 1.85 bits per heavy atom. The molecule has 0 aromatic heterocycles. The molecule has 178 valence electrons. The van der Waals surface area contributed by atoms with E-state index < -0.39 is 0 Å². The Morgan fingerprint density at radius 1 is 1.09 bits per heavy atom. The SMILES string of the molecule is CN(CCc1ccccc1)C1CC2(CCCO2)CCC1N(C)C(=O)COc1ccc(F)cc1. The second-order valence-corrected chi connectivity index (χ2v) is 9.48. The minimum absolute atomic E-state index is 0.0450. The third-order valence-corrected chi connectivity index (χ3v) is 7.33. The smallest absolute Gasteiger partial charge is 0.260 e. The van der Waals surface area contributed by atoms with Gasteiger partial charge in [-0.3, -0.25) is 4.79 Å². The van der Waals surface area contributed by atoms with E-state index in [-0.39, 0.29) is 36.0 Å². The van der Waals surface area contributed by atoms with E-state index in [0.717, 1.165) is 51.7 Å². The number of halogens is 1. The number of likely N-dealkylation sites (N-methyl/N-ethyl adjacent to an activating group) is 2. The number of nitrogens with zero attached hydrogens (tertiary/aromatic N) is 2. The van der Waals surface area contributed by atoms with Gasteiger partial charge in [0.15, 0.2) is 6.61 Å². The molecule has 0 N–H and O–H groups in total. The lowest BCUT2D eigenvalue weighted by Crippen LogP contribution is -2.58. The van der Waals surface area contributed by atoms with Gasteiger partial charge in [-0.05, 0) is 75.4 Å². The lowest BCUT2D eigenvalue weighted by Gasteiger charge is -2.48. The van der Waals surface area contributed by atoms with Crippen molar-refractivity contribution in [1.29, 1.82) is 0 Å². The summed E-state index contributed by atoms with van der Waals surface area (Å²) in [5.74, 6) is 0.114. The molecule has 4 rings (SSSR count). The first-order valence-electron chi connectivity index (χ1n) is 12.0. The fourth-order valence-corrected chi connectivity index (χ4v) is 5.32. The van der Waals surface area contributed by atoms with Gasteiger partial charge in [0, 0.05) is 32.3 Å². The Kier molecular flexibility index (Phi) is 7.66. The molecule has 1 saturated heterocycles. The van der Waals surface area contributed by atoms with Gasteiger partial charge >= 0.3 is 0 Å². The average Bonchev–Trinajstić information content (AvgIpc) is 3.29. The zero-order chi connectivity index (χ0) is 23.3. The predicted octanol–water partition coefficient (Wildman–Crippen LogP) is 4.31. The molecule has 3 unspecified atom stereocenters. The molecule has 0 bridgehead atoms. The summed E-state index contributed by atoms with van der Waals surface area (Å²) < 4.78 is 25.0. The highest BCUT2D eigenvalue weighted by atomic mass is 19.1. The van der Waals surface area contributed by atoms with Crippen molar-refractivity contribution >= 4 is 5.91 Å². The molecule has 1 spiro atoms. The van der Waals surface area contributed by atoms with Gasteiger partial charge < -0.3 is 19.3 Å². The van der Waals surface area contributed by atoms with Crippen molar-refractivity contribution in [1.82, 2.24) is 9.80 Å². The minimum Gasteiger partial charge on any atom is -0.484 e. The van der Waals surface area contributed by atoms with Crippen LogP contribution in [-0.2, 0) is 16.0 Å². The van der Waals surface area contributed by atoms with Crippen LogP contribution in [0.1, 0.15) is 37.7 Å². The molecule has 2 fully saturated rings. The van der Waals surface area contributed by atoms with Crippen molar-refractivity contribution in [3.05, 3.63) is 66.0 Å². The maximum Gasteiger partial charge on any atom is 0.260 e. The van der Waals surface area contributed by atoms with Crippen LogP contribution in [0.25, 0.3) is 0 Å². The molecule has 1 heterocycles. The number of hydrogen-bond donors (Lipinski definition) is 0. The largest absolute Gasteiger partial charge is 0.484 e. The van der Waals surface area contributed by atoms with E-state index in [1.807, 2.05) is 18.0 Å². The summed E-state index contributed by atoms with van der Waals surface area (Å²) in [5.41, 5.74) is 1.28. The molecule has 2 aromatic carbocycles. The lowest BCUT2D eigenvalue weighted by atomic mass is 9.76. The van der Waals surface area contributed by atoms with Gasteiger partial charge in [0.2, 0.25) is 0 Å². The van der Waals surface area contributed by atoms with Crippen LogP contribution < -0.4 is 4.74 Å². The van der Waals surface area contributed by atoms with Gasteiger partial charge in [0.05, 0.1) is 5.60 Å². The molecule has 2 aromatic rings. The highest BCUT2D eigenvalue weighted by Crippen LogP contribution is 2.42. The van der Waals surface area contributed by atoms with Crippen molar-refractivity contribution in [2.45, 2.75) is 56.2 Å². The van der Waals surface area contributed by atoms with Crippen LogP contribution in [0.4, 0.5) is 4.39 Å². The quantitative estimate of drug-likeness (QED) is 0.596. The first kappa shape index (κ1) is 23.7.